The van der Waals surface area contributed by atoms with Crippen LogP contribution in [0.5, 0.6) is 0 Å². The molecule has 2 aliphatic rings. The van der Waals surface area contributed by atoms with Crippen LogP contribution in [0.3, 0.4) is 0 Å². The molecular weight excluding hydrogens is 394 g/mol. The fourth-order valence-electron chi connectivity index (χ4n) is 4.91. The molecule has 30 heavy (non-hydrogen) atoms. The Labute approximate surface area is 181 Å². The van der Waals surface area contributed by atoms with Crippen molar-refractivity contribution in [3.63, 3.8) is 0 Å². The number of benzene rings is 2. The summed E-state index contributed by atoms with van der Waals surface area (Å²) in [6.07, 6.45) is 4.23. The minimum atomic E-state index is -3.48. The van der Waals surface area contributed by atoms with Crippen molar-refractivity contribution in [2.45, 2.75) is 56.5 Å². The van der Waals surface area contributed by atoms with Gasteiger partial charge in [0.15, 0.2) is 0 Å². The Morgan fingerprint density at radius 3 is 2.33 bits per heavy atom. The molecule has 162 valence electrons. The Morgan fingerprint density at radius 2 is 1.60 bits per heavy atom. The van der Waals surface area contributed by atoms with Crippen LogP contribution in [0, 0.1) is 13.8 Å². The lowest BCUT2D eigenvalue weighted by molar-refractivity contribution is 0.124. The van der Waals surface area contributed by atoms with Gasteiger partial charge in [-0.3, -0.25) is 4.90 Å². The number of aryl methyl sites for hydroxylation is 2. The van der Waals surface area contributed by atoms with Gasteiger partial charge in [-0.1, -0.05) is 43.2 Å². The minimum absolute atomic E-state index is 0.0174. The number of sulfonamides is 1. The van der Waals surface area contributed by atoms with Crippen LogP contribution in [0.1, 0.15) is 36.8 Å². The highest BCUT2D eigenvalue weighted by Gasteiger charge is 2.34. The van der Waals surface area contributed by atoms with Crippen LogP contribution in [-0.4, -0.2) is 51.6 Å². The van der Waals surface area contributed by atoms with Crippen molar-refractivity contribution in [1.29, 1.82) is 0 Å². The molecule has 1 N–H and O–H groups in total. The summed E-state index contributed by atoms with van der Waals surface area (Å²) in [5, 5.41) is 0. The van der Waals surface area contributed by atoms with E-state index in [1.807, 2.05) is 6.07 Å². The summed E-state index contributed by atoms with van der Waals surface area (Å²) in [6.45, 7) is 8.24. The molecule has 2 aromatic rings. The normalized spacial score (nSPS) is 23.5. The van der Waals surface area contributed by atoms with Crippen molar-refractivity contribution >= 4 is 15.7 Å². The van der Waals surface area contributed by atoms with E-state index in [1.54, 1.807) is 24.3 Å². The van der Waals surface area contributed by atoms with E-state index < -0.39 is 10.0 Å². The van der Waals surface area contributed by atoms with Crippen molar-refractivity contribution in [3.05, 3.63) is 59.7 Å². The van der Waals surface area contributed by atoms with E-state index >= 15 is 0 Å². The maximum Gasteiger partial charge on any atom is 0.240 e. The van der Waals surface area contributed by atoms with E-state index in [0.717, 1.165) is 45.4 Å². The third kappa shape index (κ3) is 4.71. The number of hydrogen-bond acceptors (Lipinski definition) is 4. The van der Waals surface area contributed by atoms with Gasteiger partial charge in [0.1, 0.15) is 0 Å². The molecule has 1 saturated carbocycles. The number of nitrogens with zero attached hydrogens (tertiary/aromatic N) is 2. The molecule has 1 heterocycles. The topological polar surface area (TPSA) is 52.6 Å². The standard InChI is InChI=1S/C24H33N3O2S/c1-19-12-13-20(2)24(18-19)27-16-14-26(15-17-27)23-11-7-6-10-22(23)25-30(28,29)21-8-4-3-5-9-21/h3-5,8-9,12-13,18,22-23,25H,6-7,10-11,14-17H2,1-2H3/t22-,23-/m1/s1. The maximum absolute atomic E-state index is 12.9. The van der Waals surface area contributed by atoms with E-state index in [2.05, 4.69) is 46.6 Å². The van der Waals surface area contributed by atoms with Crippen molar-refractivity contribution in [2.24, 2.45) is 0 Å². The van der Waals surface area contributed by atoms with Gasteiger partial charge < -0.3 is 4.90 Å². The van der Waals surface area contributed by atoms with E-state index in [9.17, 15) is 8.42 Å². The van der Waals surface area contributed by atoms with Crippen molar-refractivity contribution in [2.75, 3.05) is 31.1 Å². The predicted molar refractivity (Wildman–Crippen MR) is 123 cm³/mol. The second-order valence-corrected chi connectivity index (χ2v) is 10.4. The first-order valence-electron chi connectivity index (χ1n) is 11.1. The lowest BCUT2D eigenvalue weighted by Crippen LogP contribution is -2.58. The van der Waals surface area contributed by atoms with Gasteiger partial charge >= 0.3 is 0 Å². The molecule has 1 aliphatic heterocycles. The average molecular weight is 428 g/mol. The molecule has 5 nitrogen and oxygen atoms in total. The molecule has 1 saturated heterocycles. The second kappa shape index (κ2) is 9.08. The third-order valence-electron chi connectivity index (χ3n) is 6.58. The molecule has 6 heteroatoms. The number of hydrogen-bond donors (Lipinski definition) is 1. The molecule has 0 radical (unpaired) electrons. The smallest absolute Gasteiger partial charge is 0.240 e. The van der Waals surface area contributed by atoms with Crippen LogP contribution in [0.25, 0.3) is 0 Å². The highest BCUT2D eigenvalue weighted by molar-refractivity contribution is 7.89. The fourth-order valence-corrected chi connectivity index (χ4v) is 6.23. The van der Waals surface area contributed by atoms with E-state index in [1.165, 1.54) is 23.2 Å². The highest BCUT2D eigenvalue weighted by atomic mass is 32.2. The van der Waals surface area contributed by atoms with Crippen molar-refractivity contribution < 1.29 is 8.42 Å². The lowest BCUT2D eigenvalue weighted by Gasteiger charge is -2.45. The Morgan fingerprint density at radius 1 is 0.900 bits per heavy atom. The van der Waals surface area contributed by atoms with Crippen molar-refractivity contribution in [1.82, 2.24) is 9.62 Å². The zero-order valence-electron chi connectivity index (χ0n) is 18.0. The molecule has 1 aliphatic carbocycles. The summed E-state index contributed by atoms with van der Waals surface area (Å²) in [7, 11) is -3.48. The van der Waals surface area contributed by atoms with Crippen LogP contribution >= 0.6 is 0 Å². The van der Waals surface area contributed by atoms with E-state index in [-0.39, 0.29) is 12.1 Å². The summed E-state index contributed by atoms with van der Waals surface area (Å²) in [5.74, 6) is 0. The molecule has 0 bridgehead atoms. The first kappa shape index (κ1) is 21.3. The van der Waals surface area contributed by atoms with Gasteiger partial charge in [0.05, 0.1) is 4.90 Å². The quantitative estimate of drug-likeness (QED) is 0.790. The lowest BCUT2D eigenvalue weighted by atomic mass is 9.89. The van der Waals surface area contributed by atoms with E-state index in [0.29, 0.717) is 4.90 Å². The van der Waals surface area contributed by atoms with Crippen LogP contribution in [0.4, 0.5) is 5.69 Å². The first-order valence-corrected chi connectivity index (χ1v) is 12.6. The van der Waals surface area contributed by atoms with Gasteiger partial charge in [0.25, 0.3) is 0 Å². The van der Waals surface area contributed by atoms with Gasteiger partial charge in [-0.2, -0.15) is 0 Å². The number of anilines is 1. The van der Waals surface area contributed by atoms with Gasteiger partial charge in [0.2, 0.25) is 10.0 Å². The van der Waals surface area contributed by atoms with Gasteiger partial charge in [-0.05, 0) is 56.0 Å². The van der Waals surface area contributed by atoms with Crippen LogP contribution < -0.4 is 9.62 Å². The summed E-state index contributed by atoms with van der Waals surface area (Å²) in [6, 6.07) is 15.6. The van der Waals surface area contributed by atoms with Gasteiger partial charge in [-0.15, -0.1) is 0 Å². The molecule has 0 spiro atoms. The first-order chi connectivity index (χ1) is 14.4. The van der Waals surface area contributed by atoms with Gasteiger partial charge in [-0.25, -0.2) is 13.1 Å². The van der Waals surface area contributed by atoms with Gasteiger partial charge in [0, 0.05) is 44.0 Å². The fraction of sp³-hybridized carbons (Fsp3) is 0.500. The second-order valence-electron chi connectivity index (χ2n) is 8.71. The van der Waals surface area contributed by atoms with E-state index in [4.69, 9.17) is 0 Å². The van der Waals surface area contributed by atoms with Crippen LogP contribution in [0.15, 0.2) is 53.4 Å². The molecular formula is C24H33N3O2S. The number of nitrogens with one attached hydrogen (secondary N) is 1. The highest BCUT2D eigenvalue weighted by Crippen LogP contribution is 2.28. The molecule has 4 rings (SSSR count). The average Bonchev–Trinajstić information content (AvgIpc) is 2.76. The molecule has 0 unspecified atom stereocenters. The monoisotopic (exact) mass is 427 g/mol. The SMILES string of the molecule is Cc1ccc(C)c(N2CCN([C@@H]3CCCC[C@H]3NS(=O)(=O)c3ccccc3)CC2)c1. The maximum atomic E-state index is 12.9. The molecule has 2 aromatic carbocycles. The number of piperazine rings is 1. The minimum Gasteiger partial charge on any atom is -0.369 e. The Bertz CT molecular complexity index is 954. The summed E-state index contributed by atoms with van der Waals surface area (Å²) in [5.41, 5.74) is 3.94. The number of rotatable bonds is 5. The summed E-state index contributed by atoms with van der Waals surface area (Å²) in [4.78, 5) is 5.35. The third-order valence-corrected chi connectivity index (χ3v) is 8.08. The zero-order valence-corrected chi connectivity index (χ0v) is 18.9. The van der Waals surface area contributed by atoms with Crippen LogP contribution in [0.2, 0.25) is 0 Å². The Balaban J connectivity index is 1.43. The Kier molecular flexibility index (Phi) is 6.46. The molecule has 0 aromatic heterocycles. The van der Waals surface area contributed by atoms with Crippen LogP contribution in [-0.2, 0) is 10.0 Å². The molecule has 0 amide bonds. The van der Waals surface area contributed by atoms with Crippen molar-refractivity contribution in [3.8, 4) is 0 Å². The molecule has 2 fully saturated rings. The Hall–Kier alpha value is -1.89. The zero-order chi connectivity index (χ0) is 21.1. The largest absolute Gasteiger partial charge is 0.369 e. The predicted octanol–water partition coefficient (Wildman–Crippen LogP) is 3.72. The molecule has 2 atom stereocenters. The summed E-state index contributed by atoms with van der Waals surface area (Å²) >= 11 is 0. The summed E-state index contributed by atoms with van der Waals surface area (Å²) < 4.78 is 28.8.